The second-order valence-corrected chi connectivity index (χ2v) is 7.88. The molecule has 0 radical (unpaired) electrons. The molecule has 0 aromatic heterocycles. The molecular formula is C19H29Cl2N3O4. The van der Waals surface area contributed by atoms with Gasteiger partial charge in [0.25, 0.3) is 0 Å². The molecule has 3 rings (SSSR count). The first-order chi connectivity index (χ1) is 13.0. The molecule has 0 spiro atoms. The van der Waals surface area contributed by atoms with E-state index in [0.29, 0.717) is 16.6 Å². The van der Waals surface area contributed by atoms with Crippen LogP contribution in [0.5, 0.6) is 0 Å². The fraction of sp³-hybridized carbons (Fsp3) is 0.632. The van der Waals surface area contributed by atoms with E-state index in [1.54, 1.807) is 24.3 Å². The minimum absolute atomic E-state index is 0. The third kappa shape index (κ3) is 5.72. The van der Waals surface area contributed by atoms with Gasteiger partial charge in [-0.25, -0.2) is 4.79 Å². The van der Waals surface area contributed by atoms with Crippen molar-refractivity contribution in [3.63, 3.8) is 0 Å². The molecule has 158 valence electrons. The number of benzene rings is 1. The molecule has 4 N–H and O–H groups in total. The standard InChI is InChI=1S/C19H28ClN3O4.ClH/c1-12-5-7-23(8-6-12)17-15(27-16(11-24)18(17)25)10-21-19(26)22-14-4-2-3-13(20)9-14;/h2-4,9,12,15-18,24-25H,5-8,10-11H2,1H3,(H2,21,22,26);1H/t15-,16+,17+,18-;/m1./s1. The zero-order chi connectivity index (χ0) is 19.4. The molecule has 9 heteroatoms. The van der Waals surface area contributed by atoms with Gasteiger partial charge in [-0.15, -0.1) is 12.4 Å². The first kappa shape index (κ1) is 23.2. The molecule has 2 aliphatic heterocycles. The Bertz CT molecular complexity index is 643. The van der Waals surface area contributed by atoms with Crippen LogP contribution in [0, 0.1) is 5.92 Å². The number of halogens is 2. The summed E-state index contributed by atoms with van der Waals surface area (Å²) < 4.78 is 5.83. The maximum absolute atomic E-state index is 12.2. The molecule has 4 atom stereocenters. The molecule has 7 nitrogen and oxygen atoms in total. The van der Waals surface area contributed by atoms with Crippen LogP contribution in [0.25, 0.3) is 0 Å². The lowest BCUT2D eigenvalue weighted by atomic mass is 9.94. The summed E-state index contributed by atoms with van der Waals surface area (Å²) in [7, 11) is 0. The van der Waals surface area contributed by atoms with Gasteiger partial charge in [-0.2, -0.15) is 0 Å². The van der Waals surface area contributed by atoms with Crippen LogP contribution < -0.4 is 10.6 Å². The number of carbonyl (C=O) groups excluding carboxylic acids is 1. The van der Waals surface area contributed by atoms with E-state index in [2.05, 4.69) is 22.5 Å². The Morgan fingerprint density at radius 1 is 1.32 bits per heavy atom. The topological polar surface area (TPSA) is 94.1 Å². The summed E-state index contributed by atoms with van der Waals surface area (Å²) in [5.74, 6) is 0.675. The number of rotatable bonds is 5. The van der Waals surface area contributed by atoms with E-state index in [1.165, 1.54) is 0 Å². The SMILES string of the molecule is CC1CCN([C@@H]2[C@H](O)[C@H](CO)O[C@@H]2CNC(=O)Nc2cccc(Cl)c2)CC1.Cl. The molecule has 1 aromatic carbocycles. The molecule has 0 saturated carbocycles. The van der Waals surface area contributed by atoms with Crippen LogP contribution in [-0.2, 0) is 4.74 Å². The minimum Gasteiger partial charge on any atom is -0.394 e. The van der Waals surface area contributed by atoms with E-state index in [9.17, 15) is 15.0 Å². The molecule has 0 bridgehead atoms. The van der Waals surface area contributed by atoms with Crippen LogP contribution in [0.1, 0.15) is 19.8 Å². The monoisotopic (exact) mass is 433 g/mol. The van der Waals surface area contributed by atoms with Crippen LogP contribution in [0.2, 0.25) is 5.02 Å². The van der Waals surface area contributed by atoms with Gasteiger partial charge in [0.1, 0.15) is 12.2 Å². The van der Waals surface area contributed by atoms with E-state index in [0.717, 1.165) is 25.9 Å². The van der Waals surface area contributed by atoms with Gasteiger partial charge >= 0.3 is 6.03 Å². The van der Waals surface area contributed by atoms with Gasteiger partial charge in [0.05, 0.1) is 18.8 Å². The highest BCUT2D eigenvalue weighted by molar-refractivity contribution is 6.30. The summed E-state index contributed by atoms with van der Waals surface area (Å²) in [6, 6.07) is 6.30. The van der Waals surface area contributed by atoms with Gasteiger partial charge < -0.3 is 25.6 Å². The van der Waals surface area contributed by atoms with Gasteiger partial charge in [0.2, 0.25) is 0 Å². The van der Waals surface area contributed by atoms with E-state index >= 15 is 0 Å². The second kappa shape index (κ2) is 10.6. The normalized spacial score (nSPS) is 28.6. The van der Waals surface area contributed by atoms with Crippen molar-refractivity contribution in [1.82, 2.24) is 10.2 Å². The van der Waals surface area contributed by atoms with Crippen molar-refractivity contribution in [2.75, 3.05) is 31.6 Å². The molecule has 1 aromatic rings. The average molecular weight is 434 g/mol. The molecule has 2 aliphatic rings. The predicted octanol–water partition coefficient (Wildman–Crippen LogP) is 2.10. The Balaban J connectivity index is 0.00000280. The second-order valence-electron chi connectivity index (χ2n) is 7.44. The van der Waals surface area contributed by atoms with Gasteiger partial charge in [-0.05, 0) is 50.0 Å². The largest absolute Gasteiger partial charge is 0.394 e. The number of anilines is 1. The molecule has 28 heavy (non-hydrogen) atoms. The Morgan fingerprint density at radius 3 is 2.68 bits per heavy atom. The fourth-order valence-corrected chi connectivity index (χ4v) is 4.05. The Labute approximate surface area is 176 Å². The van der Waals surface area contributed by atoms with E-state index in [1.807, 2.05) is 0 Å². The fourth-order valence-electron chi connectivity index (χ4n) is 3.86. The summed E-state index contributed by atoms with van der Waals surface area (Å²) in [4.78, 5) is 14.4. The van der Waals surface area contributed by atoms with Crippen molar-refractivity contribution < 1.29 is 19.7 Å². The number of urea groups is 1. The first-order valence-electron chi connectivity index (χ1n) is 9.46. The first-order valence-corrected chi connectivity index (χ1v) is 9.84. The van der Waals surface area contributed by atoms with Gasteiger partial charge in [0.15, 0.2) is 0 Å². The summed E-state index contributed by atoms with van der Waals surface area (Å²) in [5, 5.41) is 26.2. The molecule has 0 aliphatic carbocycles. The highest BCUT2D eigenvalue weighted by Crippen LogP contribution is 2.29. The quantitative estimate of drug-likeness (QED) is 0.570. The lowest BCUT2D eigenvalue weighted by Crippen LogP contribution is -2.53. The van der Waals surface area contributed by atoms with Crippen molar-refractivity contribution >= 4 is 35.7 Å². The number of amides is 2. The number of hydrogen-bond acceptors (Lipinski definition) is 5. The molecular weight excluding hydrogens is 405 g/mol. The lowest BCUT2D eigenvalue weighted by molar-refractivity contribution is -0.0205. The van der Waals surface area contributed by atoms with Crippen LogP contribution >= 0.6 is 24.0 Å². The summed E-state index contributed by atoms with van der Waals surface area (Å²) in [6.45, 7) is 4.00. The predicted molar refractivity (Wildman–Crippen MR) is 111 cm³/mol. The molecule has 0 unspecified atom stereocenters. The number of likely N-dealkylation sites (tertiary alicyclic amines) is 1. The molecule has 2 heterocycles. The van der Waals surface area contributed by atoms with Gasteiger partial charge in [0, 0.05) is 17.3 Å². The van der Waals surface area contributed by atoms with E-state index in [4.69, 9.17) is 16.3 Å². The van der Waals surface area contributed by atoms with Crippen LogP contribution in [0.15, 0.2) is 24.3 Å². The zero-order valence-electron chi connectivity index (χ0n) is 15.9. The van der Waals surface area contributed by atoms with Crippen molar-refractivity contribution in [3.8, 4) is 0 Å². The third-order valence-corrected chi connectivity index (χ3v) is 5.66. The summed E-state index contributed by atoms with van der Waals surface area (Å²) >= 11 is 5.92. The highest BCUT2D eigenvalue weighted by Gasteiger charge is 2.46. The zero-order valence-corrected chi connectivity index (χ0v) is 17.5. The van der Waals surface area contributed by atoms with Gasteiger partial charge in [-0.1, -0.05) is 24.6 Å². The minimum atomic E-state index is -0.772. The van der Waals surface area contributed by atoms with Gasteiger partial charge in [-0.3, -0.25) is 4.90 Å². The maximum Gasteiger partial charge on any atom is 0.319 e. The number of piperidine rings is 1. The van der Waals surface area contributed by atoms with Crippen LogP contribution in [0.3, 0.4) is 0 Å². The lowest BCUT2D eigenvalue weighted by Gasteiger charge is -2.38. The Morgan fingerprint density at radius 2 is 2.04 bits per heavy atom. The Kier molecular flexibility index (Phi) is 8.80. The van der Waals surface area contributed by atoms with Crippen molar-refractivity contribution in [2.45, 2.75) is 44.1 Å². The van der Waals surface area contributed by atoms with E-state index in [-0.39, 0.29) is 43.7 Å². The number of nitrogens with zero attached hydrogens (tertiary/aromatic N) is 1. The van der Waals surface area contributed by atoms with Crippen LogP contribution in [0.4, 0.5) is 10.5 Å². The number of aliphatic hydroxyl groups is 2. The Hall–Kier alpha value is -1.09. The number of aliphatic hydroxyl groups excluding tert-OH is 2. The van der Waals surface area contributed by atoms with Crippen molar-refractivity contribution in [2.24, 2.45) is 5.92 Å². The van der Waals surface area contributed by atoms with Crippen LogP contribution in [-0.4, -0.2) is 71.7 Å². The number of ether oxygens (including phenoxy) is 1. The third-order valence-electron chi connectivity index (χ3n) is 5.43. The maximum atomic E-state index is 12.2. The molecule has 2 fully saturated rings. The summed E-state index contributed by atoms with van der Waals surface area (Å²) in [5.41, 5.74) is 0.599. The molecule has 2 saturated heterocycles. The molecule has 2 amide bonds. The van der Waals surface area contributed by atoms with Crippen molar-refractivity contribution in [3.05, 3.63) is 29.3 Å². The van der Waals surface area contributed by atoms with Crippen molar-refractivity contribution in [1.29, 1.82) is 0 Å². The smallest absolute Gasteiger partial charge is 0.319 e. The number of nitrogens with one attached hydrogen (secondary N) is 2. The van der Waals surface area contributed by atoms with E-state index < -0.39 is 12.2 Å². The highest BCUT2D eigenvalue weighted by atomic mass is 35.5. The average Bonchev–Trinajstić information content (AvgIpc) is 2.96. The number of carbonyl (C=O) groups is 1. The summed E-state index contributed by atoms with van der Waals surface area (Å²) in [6.07, 6.45) is 0.365. The number of hydrogen-bond donors (Lipinski definition) is 4.